The number of aromatic hydroxyl groups is 1. The maximum atomic E-state index is 14.2. The van der Waals surface area contributed by atoms with Crippen LogP contribution in [0.4, 0.5) is 5.69 Å². The number of hydrogen-bond donors (Lipinski definition) is 7. The first-order chi connectivity index (χ1) is 22.3. The summed E-state index contributed by atoms with van der Waals surface area (Å²) in [7, 11) is 3.01. The lowest BCUT2D eigenvalue weighted by molar-refractivity contribution is -0.162. The van der Waals surface area contributed by atoms with E-state index in [0.717, 1.165) is 38.9 Å². The fourth-order valence-corrected chi connectivity index (χ4v) is 8.19. The van der Waals surface area contributed by atoms with Crippen LogP contribution in [0.1, 0.15) is 47.2 Å². The van der Waals surface area contributed by atoms with Gasteiger partial charge in [-0.15, -0.1) is 0 Å². The molecule has 4 aliphatic rings. The van der Waals surface area contributed by atoms with Crippen molar-refractivity contribution in [3.05, 3.63) is 81.8 Å². The molecule has 12 nitrogen and oxygen atoms in total. The number of aliphatic hydroxyl groups excluding tert-OH is 3. The number of fused-ring (bicyclic) bond motifs is 3. The number of anilines is 1. The largest absolute Gasteiger partial charge is 0.510 e. The molecule has 6 unspecified atom stereocenters. The molecule has 0 bridgehead atoms. The van der Waals surface area contributed by atoms with Gasteiger partial charge in [0.25, 0.3) is 5.91 Å². The number of likely N-dealkylation sites (N-methyl/N-ethyl adjacent to an activating group) is 1. The van der Waals surface area contributed by atoms with Crippen molar-refractivity contribution in [3.63, 3.8) is 0 Å². The molecule has 1 amide bonds. The zero-order chi connectivity index (χ0) is 33.9. The number of primary amides is 1. The molecule has 3 aliphatic carbocycles. The molecule has 1 saturated heterocycles. The number of likely N-dealkylation sites (tertiary alicyclic amines) is 1. The van der Waals surface area contributed by atoms with Crippen LogP contribution in [0.5, 0.6) is 5.75 Å². The number of piperidine rings is 1. The molecule has 2 aromatic carbocycles. The molecule has 0 spiro atoms. The second-order valence-corrected chi connectivity index (χ2v) is 13.5. The Bertz CT molecular complexity index is 1680. The Morgan fingerprint density at radius 3 is 2.34 bits per heavy atom. The summed E-state index contributed by atoms with van der Waals surface area (Å²) in [5.74, 6) is -8.98. The molecule has 1 heterocycles. The van der Waals surface area contributed by atoms with Crippen LogP contribution >= 0.6 is 0 Å². The van der Waals surface area contributed by atoms with E-state index in [-0.39, 0.29) is 17.4 Å². The first-order valence-electron chi connectivity index (χ1n) is 16.0. The molecule has 1 aliphatic heterocycles. The molecule has 47 heavy (non-hydrogen) atoms. The molecule has 8 N–H and O–H groups in total. The average Bonchev–Trinajstić information content (AvgIpc) is 3.03. The predicted molar refractivity (Wildman–Crippen MR) is 173 cm³/mol. The fourth-order valence-electron chi connectivity index (χ4n) is 8.19. The summed E-state index contributed by atoms with van der Waals surface area (Å²) in [5.41, 5.74) is 3.07. The van der Waals surface area contributed by atoms with Crippen molar-refractivity contribution in [2.75, 3.05) is 39.0 Å². The molecule has 250 valence electrons. The summed E-state index contributed by atoms with van der Waals surface area (Å²) in [6.07, 6.45) is 0.976. The number of nitrogens with zero attached hydrogens (tertiary/aromatic N) is 2. The summed E-state index contributed by atoms with van der Waals surface area (Å²) >= 11 is 0. The van der Waals surface area contributed by atoms with Gasteiger partial charge in [0.05, 0.1) is 29.3 Å². The molecule has 2 aromatic rings. The van der Waals surface area contributed by atoms with E-state index < -0.39 is 75.6 Å². The maximum Gasteiger partial charge on any atom is 0.255 e. The van der Waals surface area contributed by atoms with E-state index in [1.165, 1.54) is 24.6 Å². The maximum absolute atomic E-state index is 14.2. The van der Waals surface area contributed by atoms with Crippen molar-refractivity contribution in [1.29, 1.82) is 0 Å². The Morgan fingerprint density at radius 1 is 1.06 bits per heavy atom. The van der Waals surface area contributed by atoms with Crippen molar-refractivity contribution in [2.45, 2.75) is 55.9 Å². The lowest BCUT2D eigenvalue weighted by Gasteiger charge is -2.53. The first-order valence-corrected chi connectivity index (χ1v) is 16.0. The molecule has 6 atom stereocenters. The highest BCUT2D eigenvalue weighted by Crippen LogP contribution is 2.56. The molecular weight excluding hydrogens is 604 g/mol. The SMILES string of the molecule is CC1c2ccc(NC3CCN(CCc4ccccc4)CC3)c(O)c2C(=O)C2=C(O)C3(O)C(=O)C(C(N)=O)=C(O)C(N(C)C)C3C(O)C21. The molecule has 0 radical (unpaired) electrons. The highest BCUT2D eigenvalue weighted by atomic mass is 16.4. The number of nitrogens with one attached hydrogen (secondary N) is 1. The van der Waals surface area contributed by atoms with Gasteiger partial charge in [-0.25, -0.2) is 0 Å². The van der Waals surface area contributed by atoms with Crippen LogP contribution in [0.2, 0.25) is 0 Å². The lowest BCUT2D eigenvalue weighted by atomic mass is 9.55. The lowest BCUT2D eigenvalue weighted by Crippen LogP contribution is -2.68. The van der Waals surface area contributed by atoms with Gasteiger partial charge in [0.2, 0.25) is 5.78 Å². The summed E-state index contributed by atoms with van der Waals surface area (Å²) < 4.78 is 0. The van der Waals surface area contributed by atoms with E-state index in [0.29, 0.717) is 11.3 Å². The van der Waals surface area contributed by atoms with Gasteiger partial charge in [-0.1, -0.05) is 43.3 Å². The number of hydrogen-bond acceptors (Lipinski definition) is 11. The normalized spacial score (nSPS) is 29.9. The topological polar surface area (TPSA) is 197 Å². The van der Waals surface area contributed by atoms with Crippen molar-refractivity contribution in [2.24, 2.45) is 17.6 Å². The van der Waals surface area contributed by atoms with Crippen molar-refractivity contribution >= 4 is 23.2 Å². The first kappa shape index (κ1) is 32.7. The number of rotatable bonds is 7. The third-order valence-corrected chi connectivity index (χ3v) is 10.6. The minimum absolute atomic E-state index is 0.0379. The number of amides is 1. The number of carbonyl (C=O) groups excluding carboxylic acids is 3. The van der Waals surface area contributed by atoms with E-state index in [9.17, 15) is 39.9 Å². The van der Waals surface area contributed by atoms with Crippen LogP contribution in [0.25, 0.3) is 0 Å². The number of ketones is 2. The third kappa shape index (κ3) is 5.10. The number of nitrogens with two attached hydrogens (primary N) is 1. The van der Waals surface area contributed by atoms with Crippen LogP contribution < -0.4 is 11.1 Å². The van der Waals surface area contributed by atoms with Crippen LogP contribution in [-0.4, -0.2) is 110 Å². The van der Waals surface area contributed by atoms with Gasteiger partial charge in [0.1, 0.15) is 22.8 Å². The Balaban J connectivity index is 1.29. The van der Waals surface area contributed by atoms with Gasteiger partial charge in [0, 0.05) is 37.2 Å². The van der Waals surface area contributed by atoms with Crippen molar-refractivity contribution < 1.29 is 39.9 Å². The van der Waals surface area contributed by atoms with E-state index in [1.807, 2.05) is 18.2 Å². The van der Waals surface area contributed by atoms with Gasteiger partial charge in [-0.2, -0.15) is 0 Å². The summed E-state index contributed by atoms with van der Waals surface area (Å²) in [6, 6.07) is 12.4. The number of phenols is 1. The van der Waals surface area contributed by atoms with E-state index in [4.69, 9.17) is 5.73 Å². The molecule has 0 saturated carbocycles. The number of carbonyl (C=O) groups is 3. The summed E-state index contributed by atoms with van der Waals surface area (Å²) in [5, 5.41) is 61.1. The fraction of sp³-hybridized carbons (Fsp3) is 0.457. The van der Waals surface area contributed by atoms with Gasteiger partial charge in [-0.05, 0) is 56.5 Å². The average molecular weight is 647 g/mol. The smallest absolute Gasteiger partial charge is 0.255 e. The monoisotopic (exact) mass is 646 g/mol. The summed E-state index contributed by atoms with van der Waals surface area (Å²) in [6.45, 7) is 4.39. The Kier molecular flexibility index (Phi) is 8.41. The minimum atomic E-state index is -2.94. The van der Waals surface area contributed by atoms with Crippen LogP contribution in [-0.2, 0) is 16.0 Å². The van der Waals surface area contributed by atoms with Gasteiger partial charge in [-0.3, -0.25) is 19.3 Å². The third-order valence-electron chi connectivity index (χ3n) is 10.6. The van der Waals surface area contributed by atoms with E-state index in [2.05, 4.69) is 22.3 Å². The molecule has 0 aromatic heterocycles. The van der Waals surface area contributed by atoms with E-state index >= 15 is 0 Å². The van der Waals surface area contributed by atoms with Crippen molar-refractivity contribution in [3.8, 4) is 5.75 Å². The molecular formula is C35H42N4O8. The van der Waals surface area contributed by atoms with Crippen LogP contribution in [0, 0.1) is 11.8 Å². The van der Waals surface area contributed by atoms with Crippen molar-refractivity contribution in [1.82, 2.24) is 9.80 Å². The zero-order valence-corrected chi connectivity index (χ0v) is 26.7. The highest BCUT2D eigenvalue weighted by Gasteiger charge is 2.67. The number of benzene rings is 2. The van der Waals surface area contributed by atoms with Crippen LogP contribution in [0.15, 0.2) is 65.1 Å². The number of aliphatic hydroxyl groups is 4. The van der Waals surface area contributed by atoms with E-state index in [1.54, 1.807) is 19.1 Å². The molecule has 1 fully saturated rings. The quantitative estimate of drug-likeness (QED) is 0.171. The standard InChI is InChI=1S/C35H42N4O8/c1-17-20-9-10-21(37-19-12-15-39(16-13-19)14-11-18-7-5-4-6-8-18)28(40)23(20)29(41)24-22(17)30(42)26-27(38(2)3)31(43)25(34(36)46)33(45)35(26,47)32(24)44/h4-10,17,19,22,26-27,30,37,40,42-44,47H,11-16H2,1-3H3,(H2,36,46). The van der Waals surface area contributed by atoms with Crippen LogP contribution in [0.3, 0.4) is 0 Å². The Hall–Kier alpha value is -4.23. The zero-order valence-electron chi connectivity index (χ0n) is 26.7. The summed E-state index contributed by atoms with van der Waals surface area (Å²) in [4.78, 5) is 43.8. The highest BCUT2D eigenvalue weighted by molar-refractivity contribution is 6.25. The Morgan fingerprint density at radius 2 is 1.72 bits per heavy atom. The van der Waals surface area contributed by atoms with Gasteiger partial charge in [0.15, 0.2) is 11.4 Å². The number of phenolic OH excluding ortho intramolecular Hbond substituents is 1. The second kappa shape index (κ2) is 12.1. The predicted octanol–water partition coefficient (Wildman–Crippen LogP) is 1.77. The second-order valence-electron chi connectivity index (χ2n) is 13.5. The van der Waals surface area contributed by atoms with Gasteiger partial charge < -0.3 is 41.5 Å². The van der Waals surface area contributed by atoms with Gasteiger partial charge >= 0.3 is 0 Å². The Labute approximate surface area is 272 Å². The number of Topliss-reactive ketones (excluding diaryl/α,β-unsaturated/α-hetero) is 2. The minimum Gasteiger partial charge on any atom is -0.510 e. The molecule has 6 rings (SSSR count). The molecule has 12 heteroatoms.